The summed E-state index contributed by atoms with van der Waals surface area (Å²) in [4.78, 5) is 23.5. The summed E-state index contributed by atoms with van der Waals surface area (Å²) in [5.74, 6) is 1.04. The van der Waals surface area contributed by atoms with Crippen molar-refractivity contribution >= 4 is 44.9 Å². The van der Waals surface area contributed by atoms with Gasteiger partial charge >= 0.3 is 0 Å². The third-order valence-electron chi connectivity index (χ3n) is 3.78. The quantitative estimate of drug-likeness (QED) is 0.545. The van der Waals surface area contributed by atoms with Crippen LogP contribution < -0.4 is 5.32 Å². The number of hydrogen-bond acceptors (Lipinski definition) is 5. The second-order valence-electron chi connectivity index (χ2n) is 5.74. The number of anilines is 1. The SMILES string of the molecule is Cc1ccc(NC(=O)CSc2nc(C)nc3sc(C)c(C)c23)cc1. The summed E-state index contributed by atoms with van der Waals surface area (Å²) in [7, 11) is 0. The monoisotopic (exact) mass is 357 g/mol. The molecule has 1 amide bonds. The van der Waals surface area contributed by atoms with Crippen LogP contribution in [0, 0.1) is 27.7 Å². The number of carbonyl (C=O) groups excluding carboxylic acids is 1. The number of benzene rings is 1. The number of thioether (sulfide) groups is 1. The number of hydrogen-bond donors (Lipinski definition) is 1. The van der Waals surface area contributed by atoms with E-state index in [0.717, 1.165) is 26.8 Å². The Kier molecular flexibility index (Phi) is 4.87. The number of carbonyl (C=O) groups is 1. The van der Waals surface area contributed by atoms with Gasteiger partial charge in [-0.05, 0) is 45.4 Å². The van der Waals surface area contributed by atoms with Crippen molar-refractivity contribution in [3.63, 3.8) is 0 Å². The normalized spacial score (nSPS) is 11.0. The average molecular weight is 358 g/mol. The van der Waals surface area contributed by atoms with Crippen molar-refractivity contribution in [2.45, 2.75) is 32.7 Å². The minimum absolute atomic E-state index is 0.0297. The minimum atomic E-state index is -0.0297. The molecule has 2 heterocycles. The summed E-state index contributed by atoms with van der Waals surface area (Å²) < 4.78 is 0. The number of fused-ring (bicyclic) bond motifs is 1. The third kappa shape index (κ3) is 3.60. The van der Waals surface area contributed by atoms with Gasteiger partial charge in [0.2, 0.25) is 5.91 Å². The zero-order valence-corrected chi connectivity index (χ0v) is 15.8. The molecule has 0 bridgehead atoms. The highest BCUT2D eigenvalue weighted by Gasteiger charge is 2.15. The molecule has 0 saturated heterocycles. The lowest BCUT2D eigenvalue weighted by Gasteiger charge is -2.07. The number of amides is 1. The van der Waals surface area contributed by atoms with Gasteiger partial charge in [0.1, 0.15) is 15.7 Å². The molecule has 0 aliphatic carbocycles. The molecular weight excluding hydrogens is 338 g/mol. The molecular formula is C18H19N3OS2. The van der Waals surface area contributed by atoms with E-state index >= 15 is 0 Å². The molecule has 0 saturated carbocycles. The van der Waals surface area contributed by atoms with Crippen LogP contribution in [0.25, 0.3) is 10.2 Å². The predicted octanol–water partition coefficient (Wildman–Crippen LogP) is 4.66. The van der Waals surface area contributed by atoms with Crippen LogP contribution in [0.5, 0.6) is 0 Å². The summed E-state index contributed by atoms with van der Waals surface area (Å²) in [6, 6.07) is 7.80. The summed E-state index contributed by atoms with van der Waals surface area (Å²) in [5, 5.41) is 4.89. The molecule has 6 heteroatoms. The van der Waals surface area contributed by atoms with Gasteiger partial charge in [0.15, 0.2) is 0 Å². The third-order valence-corrected chi connectivity index (χ3v) is 5.86. The molecule has 0 aliphatic heterocycles. The van der Waals surface area contributed by atoms with Crippen LogP contribution in [-0.2, 0) is 4.79 Å². The second kappa shape index (κ2) is 6.91. The Morgan fingerprint density at radius 2 is 1.83 bits per heavy atom. The van der Waals surface area contributed by atoms with Gasteiger partial charge in [-0.3, -0.25) is 4.79 Å². The molecule has 0 aliphatic rings. The second-order valence-corrected chi connectivity index (χ2v) is 7.91. The Labute approximate surface area is 149 Å². The molecule has 4 nitrogen and oxygen atoms in total. The van der Waals surface area contributed by atoms with Crippen LogP contribution >= 0.6 is 23.1 Å². The van der Waals surface area contributed by atoms with Crippen molar-refractivity contribution in [2.75, 3.05) is 11.1 Å². The van der Waals surface area contributed by atoms with Crippen molar-refractivity contribution in [3.8, 4) is 0 Å². The zero-order chi connectivity index (χ0) is 17.3. The molecule has 1 aromatic carbocycles. The number of aromatic nitrogens is 2. The molecule has 0 unspecified atom stereocenters. The van der Waals surface area contributed by atoms with E-state index in [2.05, 4.69) is 29.1 Å². The maximum atomic E-state index is 12.2. The van der Waals surface area contributed by atoms with E-state index in [1.807, 2.05) is 38.1 Å². The molecule has 0 spiro atoms. The molecule has 124 valence electrons. The molecule has 24 heavy (non-hydrogen) atoms. The van der Waals surface area contributed by atoms with Crippen molar-refractivity contribution in [1.82, 2.24) is 9.97 Å². The van der Waals surface area contributed by atoms with Gasteiger partial charge in [-0.2, -0.15) is 0 Å². The topological polar surface area (TPSA) is 54.9 Å². The number of rotatable bonds is 4. The van der Waals surface area contributed by atoms with E-state index in [0.29, 0.717) is 5.75 Å². The first-order valence-corrected chi connectivity index (χ1v) is 9.48. The lowest BCUT2D eigenvalue weighted by Crippen LogP contribution is -2.14. The molecule has 0 atom stereocenters. The first kappa shape index (κ1) is 16.9. The summed E-state index contributed by atoms with van der Waals surface area (Å²) >= 11 is 3.15. The Morgan fingerprint density at radius 3 is 2.54 bits per heavy atom. The number of thiophene rings is 1. The summed E-state index contributed by atoms with van der Waals surface area (Å²) in [6.07, 6.45) is 0. The van der Waals surface area contributed by atoms with Gasteiger partial charge in [-0.15, -0.1) is 11.3 Å². The Hall–Kier alpha value is -1.92. The van der Waals surface area contributed by atoms with E-state index in [1.165, 1.54) is 27.8 Å². The van der Waals surface area contributed by atoms with E-state index in [9.17, 15) is 4.79 Å². The molecule has 0 fully saturated rings. The van der Waals surface area contributed by atoms with Gasteiger partial charge in [-0.25, -0.2) is 9.97 Å². The fourth-order valence-electron chi connectivity index (χ4n) is 2.39. The molecule has 2 aromatic heterocycles. The number of aryl methyl sites for hydroxylation is 4. The fraction of sp³-hybridized carbons (Fsp3) is 0.278. The fourth-order valence-corrected chi connectivity index (χ4v) is 4.46. The smallest absolute Gasteiger partial charge is 0.234 e. The van der Waals surface area contributed by atoms with Crippen molar-refractivity contribution < 1.29 is 4.79 Å². The van der Waals surface area contributed by atoms with Gasteiger partial charge < -0.3 is 5.32 Å². The average Bonchev–Trinajstić information content (AvgIpc) is 2.81. The van der Waals surface area contributed by atoms with E-state index in [4.69, 9.17) is 0 Å². The highest BCUT2D eigenvalue weighted by atomic mass is 32.2. The largest absolute Gasteiger partial charge is 0.325 e. The number of nitrogens with one attached hydrogen (secondary N) is 1. The first-order valence-electron chi connectivity index (χ1n) is 7.67. The number of nitrogens with zero attached hydrogens (tertiary/aromatic N) is 2. The molecule has 3 rings (SSSR count). The van der Waals surface area contributed by atoms with Gasteiger partial charge in [0.05, 0.1) is 5.75 Å². The maximum absolute atomic E-state index is 12.2. The van der Waals surface area contributed by atoms with Crippen molar-refractivity contribution in [2.24, 2.45) is 0 Å². The first-order chi connectivity index (χ1) is 11.4. The van der Waals surface area contributed by atoms with Gasteiger partial charge in [-0.1, -0.05) is 29.5 Å². The van der Waals surface area contributed by atoms with Crippen LogP contribution in [0.3, 0.4) is 0 Å². The van der Waals surface area contributed by atoms with E-state index < -0.39 is 0 Å². The Bertz CT molecular complexity index is 901. The Morgan fingerprint density at radius 1 is 1.12 bits per heavy atom. The highest BCUT2D eigenvalue weighted by molar-refractivity contribution is 8.00. The van der Waals surface area contributed by atoms with Gasteiger partial charge in [0, 0.05) is 16.0 Å². The Balaban J connectivity index is 1.75. The van der Waals surface area contributed by atoms with Crippen LogP contribution in [0.2, 0.25) is 0 Å². The zero-order valence-electron chi connectivity index (χ0n) is 14.1. The summed E-state index contributed by atoms with van der Waals surface area (Å²) in [5.41, 5.74) is 3.19. The minimum Gasteiger partial charge on any atom is -0.325 e. The van der Waals surface area contributed by atoms with Crippen molar-refractivity contribution in [1.29, 1.82) is 0 Å². The summed E-state index contributed by atoms with van der Waals surface area (Å²) in [6.45, 7) is 8.09. The standard InChI is InChI=1S/C18H19N3OS2/c1-10-5-7-14(8-6-10)21-15(22)9-23-17-16-11(2)12(3)24-18(16)20-13(4)19-17/h5-8H,9H2,1-4H3,(H,21,22). The maximum Gasteiger partial charge on any atom is 0.234 e. The van der Waals surface area contributed by atoms with Crippen LogP contribution in [-0.4, -0.2) is 21.6 Å². The predicted molar refractivity (Wildman–Crippen MR) is 102 cm³/mol. The molecule has 3 aromatic rings. The van der Waals surface area contributed by atoms with E-state index in [1.54, 1.807) is 11.3 Å². The lowest BCUT2D eigenvalue weighted by atomic mass is 10.2. The van der Waals surface area contributed by atoms with Crippen LogP contribution in [0.15, 0.2) is 29.3 Å². The van der Waals surface area contributed by atoms with Crippen LogP contribution in [0.4, 0.5) is 5.69 Å². The van der Waals surface area contributed by atoms with E-state index in [-0.39, 0.29) is 5.91 Å². The molecule has 0 radical (unpaired) electrons. The molecule has 1 N–H and O–H groups in total. The van der Waals surface area contributed by atoms with Crippen LogP contribution in [0.1, 0.15) is 21.8 Å². The lowest BCUT2D eigenvalue weighted by molar-refractivity contribution is -0.113. The van der Waals surface area contributed by atoms with Crippen molar-refractivity contribution in [3.05, 3.63) is 46.1 Å². The van der Waals surface area contributed by atoms with Gasteiger partial charge in [0.25, 0.3) is 0 Å². The highest BCUT2D eigenvalue weighted by Crippen LogP contribution is 2.35.